The van der Waals surface area contributed by atoms with Crippen molar-refractivity contribution in [2.45, 2.75) is 30.6 Å². The summed E-state index contributed by atoms with van der Waals surface area (Å²) in [6, 6.07) is 5.05. The van der Waals surface area contributed by atoms with Crippen molar-refractivity contribution in [3.63, 3.8) is 0 Å². The average molecular weight is 271 g/mol. The lowest BCUT2D eigenvalue weighted by atomic mass is 10.1. The van der Waals surface area contributed by atoms with E-state index in [1.807, 2.05) is 0 Å². The van der Waals surface area contributed by atoms with Crippen LogP contribution in [0.1, 0.15) is 36.0 Å². The van der Waals surface area contributed by atoms with Crippen molar-refractivity contribution < 1.29 is 9.53 Å². The Kier molecular flexibility index (Phi) is 4.35. The molecule has 1 fully saturated rings. The van der Waals surface area contributed by atoms with Gasteiger partial charge in [0.05, 0.1) is 17.2 Å². The summed E-state index contributed by atoms with van der Waals surface area (Å²) in [5, 5.41) is 0.416. The van der Waals surface area contributed by atoms with E-state index in [0.29, 0.717) is 28.0 Å². The molecule has 2 nitrogen and oxygen atoms in total. The van der Waals surface area contributed by atoms with Crippen LogP contribution in [0, 0.1) is 5.92 Å². The molecule has 0 N–H and O–H groups in total. The molecule has 4 heteroatoms. The van der Waals surface area contributed by atoms with Gasteiger partial charge in [0.15, 0.2) is 0 Å². The third-order valence-electron chi connectivity index (χ3n) is 3.09. The number of benzene rings is 1. The first-order chi connectivity index (χ1) is 8.16. The Bertz CT molecular complexity index is 414. The van der Waals surface area contributed by atoms with Gasteiger partial charge in [-0.15, -0.1) is 12.6 Å². The zero-order valence-corrected chi connectivity index (χ0v) is 11.1. The third kappa shape index (κ3) is 3.39. The molecule has 1 aliphatic carbocycles. The lowest BCUT2D eigenvalue weighted by molar-refractivity contribution is 0.0442. The maximum Gasteiger partial charge on any atom is 0.339 e. The first-order valence-corrected chi connectivity index (χ1v) is 6.65. The molecule has 1 aliphatic rings. The molecule has 0 spiro atoms. The predicted octanol–water partition coefficient (Wildman–Crippen LogP) is 3.98. The van der Waals surface area contributed by atoms with Crippen molar-refractivity contribution in [1.29, 1.82) is 0 Å². The van der Waals surface area contributed by atoms with Gasteiger partial charge in [-0.05, 0) is 37.0 Å². The van der Waals surface area contributed by atoms with Crippen LogP contribution >= 0.6 is 24.2 Å². The Balaban J connectivity index is 1.96. The number of esters is 1. The van der Waals surface area contributed by atoms with Gasteiger partial charge < -0.3 is 4.74 Å². The first kappa shape index (κ1) is 12.8. The number of hydrogen-bond donors (Lipinski definition) is 1. The van der Waals surface area contributed by atoms with Crippen molar-refractivity contribution >= 4 is 30.2 Å². The Morgan fingerprint density at radius 2 is 2.12 bits per heavy atom. The number of halogens is 1. The fourth-order valence-electron chi connectivity index (χ4n) is 2.12. The summed E-state index contributed by atoms with van der Waals surface area (Å²) in [7, 11) is 0. The molecule has 2 rings (SSSR count). The zero-order valence-electron chi connectivity index (χ0n) is 9.49. The van der Waals surface area contributed by atoms with Gasteiger partial charge in [-0.2, -0.15) is 0 Å². The minimum absolute atomic E-state index is 0.349. The van der Waals surface area contributed by atoms with Crippen molar-refractivity contribution in [1.82, 2.24) is 0 Å². The molecule has 0 saturated heterocycles. The fourth-order valence-corrected chi connectivity index (χ4v) is 2.52. The van der Waals surface area contributed by atoms with Crippen molar-refractivity contribution in [3.8, 4) is 0 Å². The maximum absolute atomic E-state index is 11.8. The van der Waals surface area contributed by atoms with E-state index in [4.69, 9.17) is 16.3 Å². The highest BCUT2D eigenvalue weighted by atomic mass is 35.5. The van der Waals surface area contributed by atoms with E-state index in [1.54, 1.807) is 18.2 Å². The van der Waals surface area contributed by atoms with Crippen molar-refractivity contribution in [2.24, 2.45) is 5.92 Å². The Morgan fingerprint density at radius 1 is 1.41 bits per heavy atom. The molecule has 0 amide bonds. The molecule has 0 atom stereocenters. The summed E-state index contributed by atoms with van der Waals surface area (Å²) < 4.78 is 5.29. The van der Waals surface area contributed by atoms with Gasteiger partial charge in [-0.25, -0.2) is 4.79 Å². The lowest BCUT2D eigenvalue weighted by Gasteiger charge is -2.10. The lowest BCUT2D eigenvalue weighted by Crippen LogP contribution is -2.12. The van der Waals surface area contributed by atoms with Crippen LogP contribution in [0.15, 0.2) is 23.1 Å². The predicted molar refractivity (Wildman–Crippen MR) is 70.9 cm³/mol. The molecule has 0 radical (unpaired) electrons. The van der Waals surface area contributed by atoms with Gasteiger partial charge in [-0.1, -0.05) is 24.4 Å². The van der Waals surface area contributed by atoms with Crippen LogP contribution in [0.2, 0.25) is 5.02 Å². The van der Waals surface area contributed by atoms with Crippen LogP contribution in [-0.2, 0) is 4.74 Å². The normalized spacial score (nSPS) is 16.1. The molecule has 17 heavy (non-hydrogen) atoms. The Labute approximate surface area is 112 Å². The van der Waals surface area contributed by atoms with Crippen LogP contribution in [0.25, 0.3) is 0 Å². The maximum atomic E-state index is 11.8. The van der Waals surface area contributed by atoms with Crippen LogP contribution in [0.4, 0.5) is 0 Å². The molecule has 0 bridgehead atoms. The van der Waals surface area contributed by atoms with E-state index in [9.17, 15) is 4.79 Å². The minimum Gasteiger partial charge on any atom is -0.462 e. The smallest absolute Gasteiger partial charge is 0.339 e. The number of carbonyl (C=O) groups is 1. The van der Waals surface area contributed by atoms with Crippen LogP contribution in [0.3, 0.4) is 0 Å². The quantitative estimate of drug-likeness (QED) is 0.664. The topological polar surface area (TPSA) is 26.3 Å². The molecule has 0 aliphatic heterocycles. The molecule has 1 aromatic carbocycles. The monoisotopic (exact) mass is 270 g/mol. The second kappa shape index (κ2) is 5.78. The molecule has 0 heterocycles. The Morgan fingerprint density at radius 3 is 2.82 bits per heavy atom. The zero-order chi connectivity index (χ0) is 12.3. The minimum atomic E-state index is -0.349. The third-order valence-corrected chi connectivity index (χ3v) is 3.70. The average Bonchev–Trinajstić information content (AvgIpc) is 2.82. The van der Waals surface area contributed by atoms with Crippen LogP contribution < -0.4 is 0 Å². The number of hydrogen-bond acceptors (Lipinski definition) is 3. The van der Waals surface area contributed by atoms with Gasteiger partial charge in [-0.3, -0.25) is 0 Å². The second-order valence-corrected chi connectivity index (χ2v) is 5.34. The fraction of sp³-hybridized carbons (Fsp3) is 0.462. The second-order valence-electron chi connectivity index (χ2n) is 4.41. The molecule has 1 saturated carbocycles. The summed E-state index contributed by atoms with van der Waals surface area (Å²) in [6.07, 6.45) is 4.81. The molecule has 1 aromatic rings. The SMILES string of the molecule is O=C(OCC1CCCC1)c1cc(S)ccc1Cl. The highest BCUT2D eigenvalue weighted by molar-refractivity contribution is 7.80. The molecule has 92 valence electrons. The summed E-state index contributed by atoms with van der Waals surface area (Å²) in [5.41, 5.74) is 0.400. The van der Waals surface area contributed by atoms with Crippen LogP contribution in [0.5, 0.6) is 0 Å². The highest BCUT2D eigenvalue weighted by Gasteiger charge is 2.18. The largest absolute Gasteiger partial charge is 0.462 e. The van der Waals surface area contributed by atoms with Gasteiger partial charge >= 0.3 is 5.97 Å². The van der Waals surface area contributed by atoms with Crippen molar-refractivity contribution in [2.75, 3.05) is 6.61 Å². The van der Waals surface area contributed by atoms with Gasteiger partial charge in [0.1, 0.15) is 0 Å². The van der Waals surface area contributed by atoms with E-state index < -0.39 is 0 Å². The van der Waals surface area contributed by atoms with E-state index in [-0.39, 0.29) is 5.97 Å². The van der Waals surface area contributed by atoms with Gasteiger partial charge in [0.25, 0.3) is 0 Å². The van der Waals surface area contributed by atoms with E-state index in [1.165, 1.54) is 12.8 Å². The summed E-state index contributed by atoms with van der Waals surface area (Å²) in [5.74, 6) is 0.176. The molecule has 0 aromatic heterocycles. The van der Waals surface area contributed by atoms with Crippen molar-refractivity contribution in [3.05, 3.63) is 28.8 Å². The summed E-state index contributed by atoms with van der Waals surface area (Å²) in [6.45, 7) is 0.506. The number of ether oxygens (including phenoxy) is 1. The molecular weight excluding hydrogens is 256 g/mol. The number of thiol groups is 1. The standard InChI is InChI=1S/C13H15ClO2S/c14-12-6-5-10(17)7-11(12)13(15)16-8-9-3-1-2-4-9/h5-7,9,17H,1-4,8H2. The summed E-state index contributed by atoms with van der Waals surface area (Å²) >= 11 is 10.1. The molecule has 0 unspecified atom stereocenters. The first-order valence-electron chi connectivity index (χ1n) is 5.82. The van der Waals surface area contributed by atoms with E-state index in [0.717, 1.165) is 12.8 Å². The Hall–Kier alpha value is -0.670. The number of rotatable bonds is 3. The summed E-state index contributed by atoms with van der Waals surface area (Å²) in [4.78, 5) is 12.5. The molecular formula is C13H15ClO2S. The van der Waals surface area contributed by atoms with E-state index in [2.05, 4.69) is 12.6 Å². The van der Waals surface area contributed by atoms with Crippen LogP contribution in [-0.4, -0.2) is 12.6 Å². The number of carbonyl (C=O) groups excluding carboxylic acids is 1. The highest BCUT2D eigenvalue weighted by Crippen LogP contribution is 2.26. The van der Waals surface area contributed by atoms with Gasteiger partial charge in [0.2, 0.25) is 0 Å². The van der Waals surface area contributed by atoms with Gasteiger partial charge in [0, 0.05) is 4.90 Å². The van der Waals surface area contributed by atoms with E-state index >= 15 is 0 Å².